The van der Waals surface area contributed by atoms with Crippen LogP contribution < -0.4 is 5.32 Å². The molecule has 4 rings (SSSR count). The van der Waals surface area contributed by atoms with Gasteiger partial charge in [-0.2, -0.15) is 0 Å². The van der Waals surface area contributed by atoms with Crippen molar-refractivity contribution in [2.45, 2.75) is 13.5 Å². The third-order valence-electron chi connectivity index (χ3n) is 4.60. The monoisotopic (exact) mass is 352 g/mol. The average molecular weight is 352 g/mol. The van der Waals surface area contributed by atoms with Gasteiger partial charge >= 0.3 is 0 Å². The van der Waals surface area contributed by atoms with Gasteiger partial charge in [-0.15, -0.1) is 0 Å². The second-order valence-corrected chi connectivity index (χ2v) is 6.61. The second kappa shape index (κ2) is 7.42. The number of nitrogens with zero attached hydrogens (tertiary/aromatic N) is 1. The fourth-order valence-electron chi connectivity index (χ4n) is 3.10. The van der Waals surface area contributed by atoms with Crippen LogP contribution in [0, 0.1) is 6.92 Å². The van der Waals surface area contributed by atoms with E-state index >= 15 is 0 Å². The molecule has 0 saturated heterocycles. The van der Waals surface area contributed by atoms with E-state index < -0.39 is 0 Å². The van der Waals surface area contributed by atoms with E-state index in [4.69, 9.17) is 4.98 Å². The minimum Gasteiger partial charge on any atom is -0.348 e. The fourth-order valence-corrected chi connectivity index (χ4v) is 3.10. The standard InChI is InChI=1S/C24H20N2O/c1-17-11-13-18(14-12-17)16-25-24(27)21-15-23(19-7-3-2-4-8-19)26-22-10-6-5-9-20(21)22/h2-15H,16H2,1H3,(H,25,27). The maximum atomic E-state index is 12.9. The molecule has 0 saturated carbocycles. The van der Waals surface area contributed by atoms with E-state index in [1.807, 2.05) is 72.8 Å². The van der Waals surface area contributed by atoms with Gasteiger partial charge in [-0.1, -0.05) is 78.4 Å². The van der Waals surface area contributed by atoms with Crippen LogP contribution in [0.15, 0.2) is 84.9 Å². The Morgan fingerprint density at radius 3 is 2.37 bits per heavy atom. The molecule has 1 N–H and O–H groups in total. The van der Waals surface area contributed by atoms with Crippen LogP contribution in [0.4, 0.5) is 0 Å². The summed E-state index contributed by atoms with van der Waals surface area (Å²) in [5, 5.41) is 3.90. The van der Waals surface area contributed by atoms with E-state index in [-0.39, 0.29) is 5.91 Å². The predicted octanol–water partition coefficient (Wildman–Crippen LogP) is 5.14. The smallest absolute Gasteiger partial charge is 0.252 e. The number of aryl methyl sites for hydroxylation is 1. The predicted molar refractivity (Wildman–Crippen MR) is 110 cm³/mol. The number of para-hydroxylation sites is 1. The van der Waals surface area contributed by atoms with Gasteiger partial charge in [0, 0.05) is 17.5 Å². The Labute approximate surface area is 158 Å². The summed E-state index contributed by atoms with van der Waals surface area (Å²) in [7, 11) is 0. The van der Waals surface area contributed by atoms with Gasteiger partial charge in [0.15, 0.2) is 0 Å². The first-order valence-corrected chi connectivity index (χ1v) is 9.00. The summed E-state index contributed by atoms with van der Waals surface area (Å²) in [4.78, 5) is 17.7. The number of fused-ring (bicyclic) bond motifs is 1. The lowest BCUT2D eigenvalue weighted by atomic mass is 10.0. The SMILES string of the molecule is Cc1ccc(CNC(=O)c2cc(-c3ccccc3)nc3ccccc23)cc1. The molecule has 0 radical (unpaired) electrons. The van der Waals surface area contributed by atoms with Crippen molar-refractivity contribution >= 4 is 16.8 Å². The minimum absolute atomic E-state index is 0.0913. The van der Waals surface area contributed by atoms with Gasteiger partial charge in [0.1, 0.15) is 0 Å². The summed E-state index contributed by atoms with van der Waals surface area (Å²) in [6.07, 6.45) is 0. The van der Waals surface area contributed by atoms with Crippen LogP contribution in [-0.4, -0.2) is 10.9 Å². The number of carbonyl (C=O) groups is 1. The molecule has 3 nitrogen and oxygen atoms in total. The van der Waals surface area contributed by atoms with Gasteiger partial charge in [0.2, 0.25) is 0 Å². The van der Waals surface area contributed by atoms with Gasteiger partial charge in [0.25, 0.3) is 5.91 Å². The Hall–Kier alpha value is -3.46. The molecule has 0 aliphatic carbocycles. The van der Waals surface area contributed by atoms with E-state index in [0.717, 1.165) is 27.7 Å². The molecule has 132 valence electrons. The van der Waals surface area contributed by atoms with Crippen LogP contribution in [0.2, 0.25) is 0 Å². The second-order valence-electron chi connectivity index (χ2n) is 6.61. The third kappa shape index (κ3) is 3.72. The number of hydrogen-bond donors (Lipinski definition) is 1. The van der Waals surface area contributed by atoms with Crippen molar-refractivity contribution in [1.29, 1.82) is 0 Å². The van der Waals surface area contributed by atoms with Gasteiger partial charge < -0.3 is 5.32 Å². The topological polar surface area (TPSA) is 42.0 Å². The van der Waals surface area contributed by atoms with Crippen molar-refractivity contribution in [3.63, 3.8) is 0 Å². The Kier molecular flexibility index (Phi) is 4.67. The number of aromatic nitrogens is 1. The molecule has 0 unspecified atom stereocenters. The molecule has 0 aliphatic rings. The number of hydrogen-bond acceptors (Lipinski definition) is 2. The first-order chi connectivity index (χ1) is 13.2. The Morgan fingerprint density at radius 2 is 1.59 bits per heavy atom. The van der Waals surface area contributed by atoms with Crippen molar-refractivity contribution in [2.75, 3.05) is 0 Å². The number of carbonyl (C=O) groups excluding carboxylic acids is 1. The summed E-state index contributed by atoms with van der Waals surface area (Å²) < 4.78 is 0. The van der Waals surface area contributed by atoms with E-state index in [1.54, 1.807) is 0 Å². The maximum Gasteiger partial charge on any atom is 0.252 e. The quantitative estimate of drug-likeness (QED) is 0.552. The van der Waals surface area contributed by atoms with E-state index in [1.165, 1.54) is 5.56 Å². The van der Waals surface area contributed by atoms with Crippen LogP contribution in [0.25, 0.3) is 22.2 Å². The van der Waals surface area contributed by atoms with Crippen LogP contribution in [0.5, 0.6) is 0 Å². The number of amides is 1. The van der Waals surface area contributed by atoms with Crippen LogP contribution in [0.3, 0.4) is 0 Å². The highest BCUT2D eigenvalue weighted by atomic mass is 16.1. The zero-order valence-electron chi connectivity index (χ0n) is 15.1. The molecule has 0 atom stereocenters. The van der Waals surface area contributed by atoms with Crippen molar-refractivity contribution in [1.82, 2.24) is 10.3 Å². The molecule has 1 aromatic heterocycles. The summed E-state index contributed by atoms with van der Waals surface area (Å²) in [5.41, 5.74) is 5.55. The summed E-state index contributed by atoms with van der Waals surface area (Å²) >= 11 is 0. The molecule has 3 aromatic carbocycles. The number of pyridine rings is 1. The summed E-state index contributed by atoms with van der Waals surface area (Å²) in [6.45, 7) is 2.55. The Bertz CT molecular complexity index is 1090. The van der Waals surface area contributed by atoms with Crippen molar-refractivity contribution in [3.05, 3.63) is 102 Å². The zero-order valence-corrected chi connectivity index (χ0v) is 15.1. The van der Waals surface area contributed by atoms with Crippen LogP contribution >= 0.6 is 0 Å². The molecule has 27 heavy (non-hydrogen) atoms. The van der Waals surface area contributed by atoms with E-state index in [0.29, 0.717) is 12.1 Å². The van der Waals surface area contributed by atoms with Crippen LogP contribution in [-0.2, 0) is 6.54 Å². The highest BCUT2D eigenvalue weighted by molar-refractivity contribution is 6.07. The van der Waals surface area contributed by atoms with Gasteiger partial charge in [-0.3, -0.25) is 4.79 Å². The molecule has 0 fully saturated rings. The normalized spacial score (nSPS) is 10.7. The highest BCUT2D eigenvalue weighted by Gasteiger charge is 2.13. The molecule has 4 aromatic rings. The molecule has 1 heterocycles. The summed E-state index contributed by atoms with van der Waals surface area (Å²) in [6, 6.07) is 27.8. The molecule has 0 bridgehead atoms. The molecule has 3 heteroatoms. The van der Waals surface area contributed by atoms with Crippen molar-refractivity contribution in [2.24, 2.45) is 0 Å². The molecule has 0 spiro atoms. The van der Waals surface area contributed by atoms with Gasteiger partial charge in [-0.05, 0) is 24.6 Å². The Balaban J connectivity index is 1.69. The molecule has 0 aliphatic heterocycles. The summed E-state index contributed by atoms with van der Waals surface area (Å²) in [5.74, 6) is -0.0913. The van der Waals surface area contributed by atoms with E-state index in [2.05, 4.69) is 24.4 Å². The number of nitrogens with one attached hydrogen (secondary N) is 1. The highest BCUT2D eigenvalue weighted by Crippen LogP contribution is 2.24. The first-order valence-electron chi connectivity index (χ1n) is 9.00. The molecule has 1 amide bonds. The lowest BCUT2D eigenvalue weighted by molar-refractivity contribution is 0.0952. The largest absolute Gasteiger partial charge is 0.348 e. The van der Waals surface area contributed by atoms with Gasteiger partial charge in [0.05, 0.1) is 16.8 Å². The third-order valence-corrected chi connectivity index (χ3v) is 4.60. The fraction of sp³-hybridized carbons (Fsp3) is 0.0833. The molecular formula is C24H20N2O. The zero-order chi connectivity index (χ0) is 18.6. The van der Waals surface area contributed by atoms with Crippen molar-refractivity contribution in [3.8, 4) is 11.3 Å². The van der Waals surface area contributed by atoms with Crippen LogP contribution in [0.1, 0.15) is 21.5 Å². The minimum atomic E-state index is -0.0913. The van der Waals surface area contributed by atoms with Gasteiger partial charge in [-0.25, -0.2) is 4.98 Å². The lowest BCUT2D eigenvalue weighted by Gasteiger charge is -2.11. The van der Waals surface area contributed by atoms with Crippen molar-refractivity contribution < 1.29 is 4.79 Å². The first kappa shape index (κ1) is 17.0. The maximum absolute atomic E-state index is 12.9. The number of rotatable bonds is 4. The average Bonchev–Trinajstić information content (AvgIpc) is 2.73. The number of benzene rings is 3. The Morgan fingerprint density at radius 1 is 0.889 bits per heavy atom. The lowest BCUT2D eigenvalue weighted by Crippen LogP contribution is -2.23. The molecular weight excluding hydrogens is 332 g/mol. The van der Waals surface area contributed by atoms with E-state index in [9.17, 15) is 4.79 Å².